The molecule has 1 aromatic carbocycles. The van der Waals surface area contributed by atoms with Crippen LogP contribution >= 0.6 is 39.1 Å². The zero-order valence-electron chi connectivity index (χ0n) is 5.64. The summed E-state index contributed by atoms with van der Waals surface area (Å²) in [6.45, 7) is 0. The normalized spacial score (nSPS) is 9.25. The van der Waals surface area contributed by atoms with Crippen molar-refractivity contribution in [3.8, 4) is 0 Å². The second-order valence-electron chi connectivity index (χ2n) is 1.90. The van der Waals surface area contributed by atoms with Crippen molar-refractivity contribution in [1.82, 2.24) is 0 Å². The summed E-state index contributed by atoms with van der Waals surface area (Å²) in [6.07, 6.45) is 1.40. The third-order valence-corrected chi connectivity index (χ3v) is 3.16. The van der Waals surface area contributed by atoms with E-state index in [0.717, 1.165) is 0 Å². The van der Waals surface area contributed by atoms with E-state index in [2.05, 4.69) is 20.9 Å². The van der Waals surface area contributed by atoms with Gasteiger partial charge in [0.1, 0.15) is 0 Å². The topological polar surface area (TPSA) is 29.4 Å². The average Bonchev–Trinajstić information content (AvgIpc) is 2.07. The monoisotopic (exact) mass is 265 g/mol. The van der Waals surface area contributed by atoms with Gasteiger partial charge in [0.15, 0.2) is 0 Å². The molecular weight excluding hydrogens is 265 g/mol. The molecule has 0 fully saturated rings. The van der Waals surface area contributed by atoms with Crippen LogP contribution in [0.25, 0.3) is 0 Å². The van der Waals surface area contributed by atoms with E-state index in [1.54, 1.807) is 12.1 Å². The second-order valence-corrected chi connectivity index (χ2v) is 3.48. The van der Waals surface area contributed by atoms with Crippen LogP contribution < -0.4 is 0 Å². The van der Waals surface area contributed by atoms with Crippen molar-refractivity contribution in [2.24, 2.45) is 4.99 Å². The van der Waals surface area contributed by atoms with E-state index in [9.17, 15) is 4.79 Å². The Labute approximate surface area is 87.3 Å². The molecule has 0 N–H and O–H groups in total. The van der Waals surface area contributed by atoms with E-state index in [1.807, 2.05) is 0 Å². The molecule has 5 heteroatoms. The highest BCUT2D eigenvalue weighted by molar-refractivity contribution is 9.10. The molecule has 0 heterocycles. The van der Waals surface area contributed by atoms with Crippen LogP contribution in [-0.4, -0.2) is 6.08 Å². The van der Waals surface area contributed by atoms with E-state index in [-0.39, 0.29) is 0 Å². The lowest BCUT2D eigenvalue weighted by Crippen LogP contribution is -1.73. The first kappa shape index (κ1) is 9.75. The first-order valence-electron chi connectivity index (χ1n) is 2.88. The molecule has 0 spiro atoms. The summed E-state index contributed by atoms with van der Waals surface area (Å²) in [4.78, 5) is 13.3. The van der Waals surface area contributed by atoms with Gasteiger partial charge in [-0.25, -0.2) is 4.79 Å². The first-order valence-corrected chi connectivity index (χ1v) is 4.43. The summed E-state index contributed by atoms with van der Waals surface area (Å²) in [5, 5.41) is 0.788. The molecule has 0 bridgehead atoms. The fourth-order valence-electron chi connectivity index (χ4n) is 0.651. The predicted molar refractivity (Wildman–Crippen MR) is 51.9 cm³/mol. The van der Waals surface area contributed by atoms with E-state index < -0.39 is 0 Å². The highest BCUT2D eigenvalue weighted by Gasteiger charge is 2.06. The van der Waals surface area contributed by atoms with Crippen molar-refractivity contribution >= 4 is 50.9 Å². The van der Waals surface area contributed by atoms with Crippen molar-refractivity contribution in [3.05, 3.63) is 26.7 Å². The lowest BCUT2D eigenvalue weighted by Gasteiger charge is -2.00. The van der Waals surface area contributed by atoms with Crippen LogP contribution in [0, 0.1) is 0 Å². The largest absolute Gasteiger partial charge is 0.240 e. The van der Waals surface area contributed by atoms with Crippen LogP contribution in [0.15, 0.2) is 21.6 Å². The van der Waals surface area contributed by atoms with E-state index >= 15 is 0 Å². The molecule has 0 atom stereocenters. The fourth-order valence-corrected chi connectivity index (χ4v) is 1.40. The third kappa shape index (κ3) is 1.87. The Morgan fingerprint density at radius 1 is 1.42 bits per heavy atom. The molecule has 12 heavy (non-hydrogen) atoms. The van der Waals surface area contributed by atoms with Gasteiger partial charge < -0.3 is 0 Å². The third-order valence-electron chi connectivity index (χ3n) is 1.18. The maximum absolute atomic E-state index is 9.92. The highest BCUT2D eigenvalue weighted by Crippen LogP contribution is 2.36. The van der Waals surface area contributed by atoms with Gasteiger partial charge in [-0.3, -0.25) is 0 Å². The Kier molecular flexibility index (Phi) is 3.29. The summed E-state index contributed by atoms with van der Waals surface area (Å²) in [5.41, 5.74) is 0.350. The van der Waals surface area contributed by atoms with Gasteiger partial charge >= 0.3 is 0 Å². The molecule has 0 aliphatic heterocycles. The van der Waals surface area contributed by atoms with E-state index in [4.69, 9.17) is 23.2 Å². The summed E-state index contributed by atoms with van der Waals surface area (Å²) in [5.74, 6) is 0. The zero-order chi connectivity index (χ0) is 9.14. The Bertz CT molecular complexity index is 361. The van der Waals surface area contributed by atoms with Gasteiger partial charge in [0.2, 0.25) is 6.08 Å². The van der Waals surface area contributed by atoms with Crippen LogP contribution in [0.5, 0.6) is 0 Å². The standard InChI is InChI=1S/C7H2BrCl2NO/c8-6-4(9)1-2-5(7(6)10)11-3-12/h1-2H. The van der Waals surface area contributed by atoms with Crippen LogP contribution in [0.1, 0.15) is 0 Å². The van der Waals surface area contributed by atoms with Gasteiger partial charge in [-0.05, 0) is 28.1 Å². The van der Waals surface area contributed by atoms with Crippen molar-refractivity contribution < 1.29 is 4.79 Å². The minimum Gasteiger partial charge on any atom is -0.211 e. The molecule has 1 rings (SSSR count). The maximum Gasteiger partial charge on any atom is 0.240 e. The quantitative estimate of drug-likeness (QED) is 0.433. The first-order chi connectivity index (χ1) is 5.66. The minimum absolute atomic E-state index is 0.311. The summed E-state index contributed by atoms with van der Waals surface area (Å²) in [6, 6.07) is 3.13. The fraction of sp³-hybridized carbons (Fsp3) is 0. The lowest BCUT2D eigenvalue weighted by molar-refractivity contribution is 0.565. The van der Waals surface area contributed by atoms with Crippen molar-refractivity contribution in [1.29, 1.82) is 0 Å². The lowest BCUT2D eigenvalue weighted by atomic mass is 10.3. The van der Waals surface area contributed by atoms with Crippen LogP contribution in [-0.2, 0) is 4.79 Å². The van der Waals surface area contributed by atoms with Gasteiger partial charge in [-0.1, -0.05) is 23.2 Å². The summed E-state index contributed by atoms with van der Waals surface area (Å²) >= 11 is 14.6. The van der Waals surface area contributed by atoms with Crippen LogP contribution in [0.2, 0.25) is 10.0 Å². The number of isocyanates is 1. The zero-order valence-corrected chi connectivity index (χ0v) is 8.74. The van der Waals surface area contributed by atoms with Crippen LogP contribution in [0.3, 0.4) is 0 Å². The van der Waals surface area contributed by atoms with Gasteiger partial charge in [0, 0.05) is 0 Å². The number of hydrogen-bond acceptors (Lipinski definition) is 2. The molecular formula is C7H2BrCl2NO. The molecule has 2 nitrogen and oxygen atoms in total. The number of carbonyl (C=O) groups excluding carboxylic acids is 1. The van der Waals surface area contributed by atoms with E-state index in [1.165, 1.54) is 6.08 Å². The van der Waals surface area contributed by atoms with E-state index in [0.29, 0.717) is 20.2 Å². The Morgan fingerprint density at radius 3 is 2.67 bits per heavy atom. The summed E-state index contributed by atoms with van der Waals surface area (Å²) in [7, 11) is 0. The molecule has 0 amide bonds. The SMILES string of the molecule is O=C=Nc1ccc(Cl)c(Br)c1Cl. The van der Waals surface area contributed by atoms with Crippen molar-refractivity contribution in [2.75, 3.05) is 0 Å². The van der Waals surface area contributed by atoms with Crippen LogP contribution in [0.4, 0.5) is 5.69 Å². The second kappa shape index (κ2) is 4.06. The van der Waals surface area contributed by atoms with Gasteiger partial charge in [0.25, 0.3) is 0 Å². The smallest absolute Gasteiger partial charge is 0.211 e. The summed E-state index contributed by atoms with van der Waals surface area (Å²) < 4.78 is 0.530. The molecule has 0 radical (unpaired) electrons. The number of rotatable bonds is 1. The molecule has 62 valence electrons. The maximum atomic E-state index is 9.92. The Morgan fingerprint density at radius 2 is 2.08 bits per heavy atom. The molecule has 0 aliphatic rings. The Hall–Kier alpha value is -0.340. The predicted octanol–water partition coefficient (Wildman–Crippen LogP) is 3.72. The van der Waals surface area contributed by atoms with Gasteiger partial charge in [-0.2, -0.15) is 4.99 Å². The number of aliphatic imine (C=N–C) groups is 1. The Balaban J connectivity index is 3.35. The van der Waals surface area contributed by atoms with Gasteiger partial charge in [-0.15, -0.1) is 0 Å². The molecule has 0 aliphatic carbocycles. The average molecular weight is 267 g/mol. The molecule has 0 unspecified atom stereocenters. The highest BCUT2D eigenvalue weighted by atomic mass is 79.9. The number of halogens is 3. The molecule has 0 saturated heterocycles. The number of benzene rings is 1. The molecule has 1 aromatic rings. The number of nitrogens with zero attached hydrogens (tertiary/aromatic N) is 1. The molecule has 0 aromatic heterocycles. The number of hydrogen-bond donors (Lipinski definition) is 0. The van der Waals surface area contributed by atoms with Crippen molar-refractivity contribution in [3.63, 3.8) is 0 Å². The van der Waals surface area contributed by atoms with Gasteiger partial charge in [0.05, 0.1) is 20.2 Å². The minimum atomic E-state index is 0.311. The molecule has 0 saturated carbocycles. The van der Waals surface area contributed by atoms with Crippen molar-refractivity contribution in [2.45, 2.75) is 0 Å².